The predicted octanol–water partition coefficient (Wildman–Crippen LogP) is 2.57. The topological polar surface area (TPSA) is 58.4 Å². The lowest BCUT2D eigenvalue weighted by Crippen LogP contribution is -2.35. The zero-order valence-electron chi connectivity index (χ0n) is 12.3. The van der Waals surface area contributed by atoms with Gasteiger partial charge in [-0.15, -0.1) is 0 Å². The molecule has 4 heteroatoms. The lowest BCUT2D eigenvalue weighted by Gasteiger charge is -2.27. The molecule has 0 heterocycles. The van der Waals surface area contributed by atoms with E-state index >= 15 is 0 Å². The third kappa shape index (κ3) is 5.30. The van der Waals surface area contributed by atoms with Crippen LogP contribution in [0, 0.1) is 5.92 Å². The van der Waals surface area contributed by atoms with Gasteiger partial charge in [-0.25, -0.2) is 0 Å². The maximum atomic E-state index is 11.8. The molecule has 0 bridgehead atoms. The van der Waals surface area contributed by atoms with E-state index in [1.165, 1.54) is 0 Å². The molecule has 1 amide bonds. The number of carbonyl (C=O) groups excluding carboxylic acids is 1. The minimum absolute atomic E-state index is 0.0217. The van der Waals surface area contributed by atoms with Crippen LogP contribution in [0.25, 0.3) is 0 Å². The summed E-state index contributed by atoms with van der Waals surface area (Å²) in [6, 6.07) is 7.71. The number of nitrogens with two attached hydrogens (primary N) is 1. The van der Waals surface area contributed by atoms with Crippen LogP contribution in [0.5, 0.6) is 0 Å². The number of amides is 1. The molecule has 0 fully saturated rings. The normalized spacial score (nSPS) is 12.7. The molecule has 0 aliphatic heterocycles. The van der Waals surface area contributed by atoms with Gasteiger partial charge in [-0.2, -0.15) is 0 Å². The first-order valence-corrected chi connectivity index (χ1v) is 6.75. The second kappa shape index (κ2) is 7.14. The number of benzene rings is 1. The van der Waals surface area contributed by atoms with E-state index in [1.807, 2.05) is 12.1 Å². The Kier molecular flexibility index (Phi) is 5.83. The fourth-order valence-electron chi connectivity index (χ4n) is 1.83. The van der Waals surface area contributed by atoms with Crippen molar-refractivity contribution in [2.24, 2.45) is 5.92 Å². The molecule has 1 atom stereocenters. The van der Waals surface area contributed by atoms with Crippen molar-refractivity contribution in [3.8, 4) is 0 Å². The van der Waals surface area contributed by atoms with Gasteiger partial charge in [0.15, 0.2) is 0 Å². The number of carbonyl (C=O) groups is 1. The van der Waals surface area contributed by atoms with Crippen LogP contribution >= 0.6 is 0 Å². The zero-order valence-corrected chi connectivity index (χ0v) is 12.3. The number of nitrogen functional groups attached to an aromatic ring is 1. The summed E-state index contributed by atoms with van der Waals surface area (Å²) in [6.45, 7) is 7.32. The fourth-order valence-corrected chi connectivity index (χ4v) is 1.83. The summed E-state index contributed by atoms with van der Waals surface area (Å²) in [4.78, 5) is 14.1. The molecule has 3 N–H and O–H groups in total. The molecule has 1 rings (SSSR count). The van der Waals surface area contributed by atoms with Crippen LogP contribution in [-0.2, 0) is 4.79 Å². The molecule has 0 spiro atoms. The van der Waals surface area contributed by atoms with Gasteiger partial charge in [0.1, 0.15) is 0 Å². The maximum Gasteiger partial charge on any atom is 0.225 e. The second-order valence-corrected chi connectivity index (χ2v) is 5.39. The summed E-state index contributed by atoms with van der Waals surface area (Å²) in [5.41, 5.74) is 7.08. The molecule has 0 saturated heterocycles. The van der Waals surface area contributed by atoms with Gasteiger partial charge in [0.05, 0.1) is 0 Å². The van der Waals surface area contributed by atoms with Gasteiger partial charge in [0.25, 0.3) is 0 Å². The van der Waals surface area contributed by atoms with Gasteiger partial charge in [0.2, 0.25) is 5.91 Å². The Labute approximate surface area is 116 Å². The van der Waals surface area contributed by atoms with E-state index in [4.69, 9.17) is 5.73 Å². The Hall–Kier alpha value is -1.55. The number of hydrogen-bond acceptors (Lipinski definition) is 3. The largest absolute Gasteiger partial charge is 0.399 e. The molecule has 0 radical (unpaired) electrons. The number of hydrogen-bond donors (Lipinski definition) is 2. The van der Waals surface area contributed by atoms with Gasteiger partial charge in [-0.1, -0.05) is 19.9 Å². The van der Waals surface area contributed by atoms with E-state index in [0.29, 0.717) is 24.1 Å². The van der Waals surface area contributed by atoms with Crippen LogP contribution in [0.2, 0.25) is 0 Å². The molecule has 0 aliphatic carbocycles. The lowest BCUT2D eigenvalue weighted by atomic mass is 10.1. The van der Waals surface area contributed by atoms with Crippen molar-refractivity contribution in [2.45, 2.75) is 33.2 Å². The quantitative estimate of drug-likeness (QED) is 0.776. The molecule has 0 saturated carbocycles. The fraction of sp³-hybridized carbons (Fsp3) is 0.533. The van der Waals surface area contributed by atoms with Crippen molar-refractivity contribution in [1.29, 1.82) is 0 Å². The van der Waals surface area contributed by atoms with E-state index in [-0.39, 0.29) is 5.91 Å². The zero-order chi connectivity index (χ0) is 14.4. The molecule has 1 aromatic rings. The van der Waals surface area contributed by atoms with Crippen molar-refractivity contribution >= 4 is 17.3 Å². The monoisotopic (exact) mass is 263 g/mol. The highest BCUT2D eigenvalue weighted by atomic mass is 16.1. The first-order chi connectivity index (χ1) is 8.90. The number of rotatable bonds is 6. The molecular formula is C15H25N3O. The number of nitrogens with zero attached hydrogens (tertiary/aromatic N) is 1. The average molecular weight is 263 g/mol. The lowest BCUT2D eigenvalue weighted by molar-refractivity contribution is -0.116. The molecule has 4 nitrogen and oxygen atoms in total. The standard InChI is InChI=1S/C15H25N3O/c1-11(2)12(3)18(4)9-8-15(19)17-14-7-5-6-13(16)10-14/h5-7,10-12H,8-9,16H2,1-4H3,(H,17,19). The van der Waals surface area contributed by atoms with E-state index in [2.05, 4.69) is 38.0 Å². The average Bonchev–Trinajstić information content (AvgIpc) is 2.34. The van der Waals surface area contributed by atoms with E-state index in [0.717, 1.165) is 12.2 Å². The van der Waals surface area contributed by atoms with Crippen molar-refractivity contribution in [3.63, 3.8) is 0 Å². The summed E-state index contributed by atoms with van der Waals surface area (Å²) < 4.78 is 0. The van der Waals surface area contributed by atoms with Crippen molar-refractivity contribution < 1.29 is 4.79 Å². The van der Waals surface area contributed by atoms with E-state index < -0.39 is 0 Å². The predicted molar refractivity (Wildman–Crippen MR) is 81.0 cm³/mol. The Bertz CT molecular complexity index is 418. The molecule has 0 aliphatic rings. The van der Waals surface area contributed by atoms with Gasteiger partial charge < -0.3 is 16.0 Å². The smallest absolute Gasteiger partial charge is 0.225 e. The van der Waals surface area contributed by atoms with Crippen LogP contribution in [0.3, 0.4) is 0 Å². The molecule has 106 valence electrons. The number of anilines is 2. The minimum atomic E-state index is 0.0217. The Balaban J connectivity index is 2.40. The molecule has 1 unspecified atom stereocenters. The molecule has 1 aromatic carbocycles. The Morgan fingerprint density at radius 1 is 1.37 bits per heavy atom. The van der Waals surface area contributed by atoms with E-state index in [1.54, 1.807) is 12.1 Å². The summed E-state index contributed by atoms with van der Waals surface area (Å²) in [5, 5.41) is 2.86. The van der Waals surface area contributed by atoms with Crippen LogP contribution < -0.4 is 11.1 Å². The first-order valence-electron chi connectivity index (χ1n) is 6.75. The third-order valence-electron chi connectivity index (χ3n) is 3.52. The molecule has 0 aromatic heterocycles. The van der Waals surface area contributed by atoms with Gasteiger partial charge >= 0.3 is 0 Å². The van der Waals surface area contributed by atoms with Gasteiger partial charge in [-0.05, 0) is 38.1 Å². The van der Waals surface area contributed by atoms with Gasteiger partial charge in [0, 0.05) is 30.4 Å². The minimum Gasteiger partial charge on any atom is -0.399 e. The van der Waals surface area contributed by atoms with Crippen LogP contribution in [0.4, 0.5) is 11.4 Å². The van der Waals surface area contributed by atoms with Crippen molar-refractivity contribution in [3.05, 3.63) is 24.3 Å². The molecular weight excluding hydrogens is 238 g/mol. The number of nitrogens with one attached hydrogen (secondary N) is 1. The highest BCUT2D eigenvalue weighted by molar-refractivity contribution is 5.91. The van der Waals surface area contributed by atoms with Crippen molar-refractivity contribution in [2.75, 3.05) is 24.6 Å². The van der Waals surface area contributed by atoms with E-state index in [9.17, 15) is 4.79 Å². The van der Waals surface area contributed by atoms with Crippen LogP contribution in [0.1, 0.15) is 27.2 Å². The summed E-state index contributed by atoms with van der Waals surface area (Å²) in [7, 11) is 2.05. The SMILES string of the molecule is CC(C)C(C)N(C)CCC(=O)Nc1cccc(N)c1. The van der Waals surface area contributed by atoms with Crippen LogP contribution in [0.15, 0.2) is 24.3 Å². The van der Waals surface area contributed by atoms with Crippen LogP contribution in [-0.4, -0.2) is 30.4 Å². The van der Waals surface area contributed by atoms with Crippen molar-refractivity contribution in [1.82, 2.24) is 4.90 Å². The highest BCUT2D eigenvalue weighted by Gasteiger charge is 2.14. The second-order valence-electron chi connectivity index (χ2n) is 5.39. The maximum absolute atomic E-state index is 11.8. The summed E-state index contributed by atoms with van der Waals surface area (Å²) >= 11 is 0. The first kappa shape index (κ1) is 15.5. The highest BCUT2D eigenvalue weighted by Crippen LogP contribution is 2.12. The Morgan fingerprint density at radius 2 is 2.05 bits per heavy atom. The van der Waals surface area contributed by atoms with Gasteiger partial charge in [-0.3, -0.25) is 4.79 Å². The summed E-state index contributed by atoms with van der Waals surface area (Å²) in [6.07, 6.45) is 0.488. The molecule has 19 heavy (non-hydrogen) atoms. The summed E-state index contributed by atoms with van der Waals surface area (Å²) in [5.74, 6) is 0.607. The third-order valence-corrected chi connectivity index (χ3v) is 3.52. The Morgan fingerprint density at radius 3 is 2.63 bits per heavy atom.